The van der Waals surface area contributed by atoms with E-state index in [1.807, 2.05) is 0 Å². The quantitative estimate of drug-likeness (QED) is 0.631. The van der Waals surface area contributed by atoms with Gasteiger partial charge in [0.2, 0.25) is 0 Å². The molecule has 0 amide bonds. The minimum atomic E-state index is 1.11. The lowest BCUT2D eigenvalue weighted by Crippen LogP contribution is -1.69. The van der Waals surface area contributed by atoms with Crippen molar-refractivity contribution in [3.63, 3.8) is 0 Å². The fraction of sp³-hybridized carbons (Fsp3) is 0. The van der Waals surface area contributed by atoms with Crippen LogP contribution in [0.5, 0.6) is 0 Å². The molecule has 0 fully saturated rings. The molecule has 1 nitrogen and oxygen atoms in total. The van der Waals surface area contributed by atoms with Gasteiger partial charge in [-0.25, -0.2) is 4.98 Å². The maximum Gasteiger partial charge on any atom is 0.155 e. The highest BCUT2D eigenvalue weighted by molar-refractivity contribution is 14.1. The van der Waals surface area contributed by atoms with Gasteiger partial charge in [0.25, 0.3) is 0 Å². The topological polar surface area (TPSA) is 12.9 Å². The first-order chi connectivity index (χ1) is 5.25. The molecule has 0 N–H and O–H groups in total. The predicted molar refractivity (Wildman–Crippen MR) is 65.1 cm³/mol. The van der Waals surface area contributed by atoms with Crippen molar-refractivity contribution in [2.75, 3.05) is 0 Å². The zero-order valence-corrected chi connectivity index (χ0v) is 10.5. The molecule has 4 heteroatoms. The van der Waals surface area contributed by atoms with Crippen molar-refractivity contribution >= 4 is 66.7 Å². The van der Waals surface area contributed by atoms with Crippen molar-refractivity contribution < 1.29 is 0 Å². The second-order valence-electron chi connectivity index (χ2n) is 2.08. The zero-order valence-electron chi connectivity index (χ0n) is 5.34. The zero-order chi connectivity index (χ0) is 7.84. The lowest BCUT2D eigenvalue weighted by atomic mass is 10.3. The lowest BCUT2D eigenvalue weighted by molar-refractivity contribution is 1.44. The van der Waals surface area contributed by atoms with E-state index in [1.54, 1.807) is 11.3 Å². The molecule has 0 aliphatic rings. The van der Waals surface area contributed by atoms with Gasteiger partial charge >= 0.3 is 0 Å². The van der Waals surface area contributed by atoms with Gasteiger partial charge in [0, 0.05) is 3.57 Å². The van der Waals surface area contributed by atoms with E-state index in [-0.39, 0.29) is 0 Å². The van der Waals surface area contributed by atoms with Gasteiger partial charge in [-0.1, -0.05) is 0 Å². The third kappa shape index (κ3) is 1.67. The van der Waals surface area contributed by atoms with E-state index >= 15 is 0 Å². The normalized spacial score (nSPS) is 10.7. The monoisotopic (exact) mass is 387 g/mol. The molecule has 0 saturated heterocycles. The van der Waals surface area contributed by atoms with Crippen LogP contribution in [0.25, 0.3) is 10.2 Å². The number of rotatable bonds is 0. The second kappa shape index (κ2) is 3.14. The summed E-state index contributed by atoms with van der Waals surface area (Å²) in [6.45, 7) is 0. The smallest absolute Gasteiger partial charge is 0.155 e. The summed E-state index contributed by atoms with van der Waals surface area (Å²) in [5, 5.41) is 0. The lowest BCUT2D eigenvalue weighted by Gasteiger charge is -1.86. The highest BCUT2D eigenvalue weighted by Crippen LogP contribution is 2.24. The highest BCUT2D eigenvalue weighted by Gasteiger charge is 1.99. The minimum Gasteiger partial charge on any atom is -0.230 e. The molecule has 2 rings (SSSR count). The van der Waals surface area contributed by atoms with E-state index in [1.165, 1.54) is 8.27 Å². The summed E-state index contributed by atoms with van der Waals surface area (Å²) in [6, 6.07) is 6.31. The molecule has 0 atom stereocenters. The SMILES string of the molecule is Ic1ccc2nc(I)sc2c1. The number of thiazole rings is 1. The molecule has 1 aromatic heterocycles. The molecule has 0 unspecified atom stereocenters. The molecule has 0 radical (unpaired) electrons. The number of aromatic nitrogens is 1. The van der Waals surface area contributed by atoms with Crippen LogP contribution in [0.1, 0.15) is 0 Å². The summed E-state index contributed by atoms with van der Waals surface area (Å²) >= 11 is 6.30. The van der Waals surface area contributed by atoms with Crippen molar-refractivity contribution in [2.24, 2.45) is 0 Å². The molecule has 1 heterocycles. The Morgan fingerprint density at radius 3 is 2.91 bits per heavy atom. The summed E-state index contributed by atoms with van der Waals surface area (Å²) in [7, 11) is 0. The first-order valence-corrected chi connectivity index (χ1v) is 5.95. The van der Waals surface area contributed by atoms with Crippen LogP contribution in [0.4, 0.5) is 0 Å². The van der Waals surface area contributed by atoms with Crippen LogP contribution in [0, 0.1) is 6.58 Å². The highest BCUT2D eigenvalue weighted by atomic mass is 127. The van der Waals surface area contributed by atoms with Crippen LogP contribution < -0.4 is 0 Å². The first kappa shape index (κ1) is 8.18. The number of fused-ring (bicyclic) bond motifs is 1. The number of benzene rings is 1. The fourth-order valence-electron chi connectivity index (χ4n) is 0.870. The molecule has 0 saturated carbocycles. The summed E-state index contributed by atoms with van der Waals surface area (Å²) in [5.74, 6) is 0. The molecule has 56 valence electrons. The van der Waals surface area contributed by atoms with Crippen molar-refractivity contribution in [1.29, 1.82) is 0 Å². The molecule has 11 heavy (non-hydrogen) atoms. The number of halogens is 2. The largest absolute Gasteiger partial charge is 0.230 e. The van der Waals surface area contributed by atoms with Crippen molar-refractivity contribution in [2.45, 2.75) is 0 Å². The van der Waals surface area contributed by atoms with Crippen LogP contribution in [-0.2, 0) is 0 Å². The predicted octanol–water partition coefficient (Wildman–Crippen LogP) is 3.51. The van der Waals surface area contributed by atoms with Gasteiger partial charge in [0.1, 0.15) is 0 Å². The summed E-state index contributed by atoms with van der Waals surface area (Å²) in [6.07, 6.45) is 0. The Kier molecular flexibility index (Phi) is 2.33. The summed E-state index contributed by atoms with van der Waals surface area (Å²) in [4.78, 5) is 4.36. The molecule has 0 bridgehead atoms. The second-order valence-corrected chi connectivity index (χ2v) is 6.11. The fourth-order valence-corrected chi connectivity index (χ4v) is 3.27. The van der Waals surface area contributed by atoms with Crippen LogP contribution in [0.3, 0.4) is 0 Å². The van der Waals surface area contributed by atoms with E-state index < -0.39 is 0 Å². The van der Waals surface area contributed by atoms with Gasteiger partial charge in [-0.3, -0.25) is 0 Å². The van der Waals surface area contributed by atoms with Crippen LogP contribution >= 0.6 is 56.5 Å². The van der Waals surface area contributed by atoms with Gasteiger partial charge in [-0.05, 0) is 63.4 Å². The Morgan fingerprint density at radius 1 is 1.27 bits per heavy atom. The molecule has 0 aliphatic heterocycles. The van der Waals surface area contributed by atoms with Crippen LogP contribution in [0.2, 0.25) is 0 Å². The van der Waals surface area contributed by atoms with E-state index in [0.717, 1.165) is 8.53 Å². The Morgan fingerprint density at radius 2 is 2.09 bits per heavy atom. The van der Waals surface area contributed by atoms with E-state index in [4.69, 9.17) is 0 Å². The third-order valence-electron chi connectivity index (χ3n) is 1.32. The third-order valence-corrected chi connectivity index (χ3v) is 3.70. The van der Waals surface area contributed by atoms with Crippen LogP contribution in [0.15, 0.2) is 18.2 Å². The standard InChI is InChI=1S/C7H3I2NS/c8-4-1-2-5-6(3-4)11-7(9)10-5/h1-3H. The van der Waals surface area contributed by atoms with Gasteiger partial charge in [0.15, 0.2) is 3.01 Å². The Balaban J connectivity index is 2.82. The summed E-state index contributed by atoms with van der Waals surface area (Å²) in [5.41, 5.74) is 1.11. The average Bonchev–Trinajstić information content (AvgIpc) is 2.27. The Hall–Kier alpha value is 0.570. The Labute approximate surface area is 95.5 Å². The minimum absolute atomic E-state index is 1.11. The number of hydrogen-bond donors (Lipinski definition) is 0. The van der Waals surface area contributed by atoms with Gasteiger partial charge in [-0.15, -0.1) is 11.3 Å². The van der Waals surface area contributed by atoms with Crippen molar-refractivity contribution in [3.05, 3.63) is 24.8 Å². The van der Waals surface area contributed by atoms with Gasteiger partial charge in [0.05, 0.1) is 10.2 Å². The summed E-state index contributed by atoms with van der Waals surface area (Å²) < 4.78 is 3.66. The molecular formula is C7H3I2NS. The number of hydrogen-bond acceptors (Lipinski definition) is 2. The maximum absolute atomic E-state index is 4.36. The van der Waals surface area contributed by atoms with E-state index in [2.05, 4.69) is 68.4 Å². The van der Waals surface area contributed by atoms with E-state index in [9.17, 15) is 0 Å². The molecule has 1 aromatic carbocycles. The molecule has 2 aromatic rings. The first-order valence-electron chi connectivity index (χ1n) is 2.97. The average molecular weight is 387 g/mol. The molecule has 0 aliphatic carbocycles. The van der Waals surface area contributed by atoms with Crippen LogP contribution in [-0.4, -0.2) is 4.98 Å². The maximum atomic E-state index is 4.36. The number of nitrogens with zero attached hydrogens (tertiary/aromatic N) is 1. The molecule has 0 spiro atoms. The molecular weight excluding hydrogens is 384 g/mol. The van der Waals surface area contributed by atoms with E-state index in [0.29, 0.717) is 0 Å². The van der Waals surface area contributed by atoms with Gasteiger partial charge < -0.3 is 0 Å². The Bertz CT molecular complexity index is 396. The van der Waals surface area contributed by atoms with Crippen molar-refractivity contribution in [3.8, 4) is 0 Å². The van der Waals surface area contributed by atoms with Gasteiger partial charge in [-0.2, -0.15) is 0 Å². The van der Waals surface area contributed by atoms with Crippen molar-refractivity contribution in [1.82, 2.24) is 4.98 Å².